The molecule has 2 aromatic carbocycles. The number of aryl methyl sites for hydroxylation is 2. The van der Waals surface area contributed by atoms with Gasteiger partial charge < -0.3 is 9.73 Å². The summed E-state index contributed by atoms with van der Waals surface area (Å²) in [5.74, 6) is -0.418. The second-order valence-electron chi connectivity index (χ2n) is 6.50. The van der Waals surface area contributed by atoms with Gasteiger partial charge in [0.05, 0.1) is 17.6 Å². The number of carbonyl (C=O) groups excluding carboxylic acids is 1. The summed E-state index contributed by atoms with van der Waals surface area (Å²) in [6.45, 7) is 4.30. The van der Waals surface area contributed by atoms with E-state index in [1.54, 1.807) is 35.6 Å². The smallest absolute Gasteiger partial charge is 0.287 e. The van der Waals surface area contributed by atoms with Gasteiger partial charge in [-0.2, -0.15) is 0 Å². The van der Waals surface area contributed by atoms with E-state index >= 15 is 0 Å². The highest BCUT2D eigenvalue weighted by Gasteiger charge is 2.15. The van der Waals surface area contributed by atoms with Gasteiger partial charge in [0.15, 0.2) is 11.2 Å². The molecule has 140 valence electrons. The summed E-state index contributed by atoms with van der Waals surface area (Å²) in [6, 6.07) is 16.2. The Labute approximate surface area is 165 Å². The molecule has 0 fully saturated rings. The lowest BCUT2D eigenvalue weighted by Gasteiger charge is -2.04. The molecule has 5 nitrogen and oxygen atoms in total. The first kappa shape index (κ1) is 18.1. The highest BCUT2D eigenvalue weighted by Crippen LogP contribution is 2.30. The summed E-state index contributed by atoms with van der Waals surface area (Å²) in [7, 11) is 0. The Morgan fingerprint density at radius 2 is 1.86 bits per heavy atom. The largest absolute Gasteiger partial charge is 0.451 e. The number of para-hydroxylation sites is 1. The average molecular weight is 390 g/mol. The minimum Gasteiger partial charge on any atom is -0.451 e. The summed E-state index contributed by atoms with van der Waals surface area (Å²) in [5, 5.41) is 4.21. The van der Waals surface area contributed by atoms with Crippen molar-refractivity contribution in [3.63, 3.8) is 0 Å². The lowest BCUT2D eigenvalue weighted by atomic mass is 10.1. The Bertz CT molecular complexity index is 1240. The van der Waals surface area contributed by atoms with Crippen LogP contribution >= 0.6 is 11.3 Å². The van der Waals surface area contributed by atoms with Crippen molar-refractivity contribution in [3.8, 4) is 10.6 Å². The van der Waals surface area contributed by atoms with Crippen LogP contribution in [0.3, 0.4) is 0 Å². The van der Waals surface area contributed by atoms with Gasteiger partial charge in [0.1, 0.15) is 10.6 Å². The third-order valence-corrected chi connectivity index (χ3v) is 5.73. The van der Waals surface area contributed by atoms with Gasteiger partial charge in [0, 0.05) is 16.5 Å². The molecule has 0 aliphatic heterocycles. The predicted octanol–water partition coefficient (Wildman–Crippen LogP) is 4.46. The zero-order valence-corrected chi connectivity index (χ0v) is 16.3. The van der Waals surface area contributed by atoms with E-state index < -0.39 is 5.91 Å². The number of thiazole rings is 1. The Hall–Kier alpha value is -3.25. The number of fused-ring (bicyclic) bond motifs is 1. The van der Waals surface area contributed by atoms with Crippen LogP contribution in [0.2, 0.25) is 0 Å². The first-order valence-electron chi connectivity index (χ1n) is 8.86. The van der Waals surface area contributed by atoms with Gasteiger partial charge in [-0.25, -0.2) is 4.98 Å². The molecule has 4 aromatic rings. The zero-order chi connectivity index (χ0) is 19.7. The molecule has 0 aliphatic rings. The highest BCUT2D eigenvalue weighted by molar-refractivity contribution is 7.15. The van der Waals surface area contributed by atoms with Crippen LogP contribution < -0.4 is 10.7 Å². The van der Waals surface area contributed by atoms with Gasteiger partial charge in [-0.1, -0.05) is 36.4 Å². The number of hydrogen-bond acceptors (Lipinski definition) is 5. The number of hydrogen-bond donors (Lipinski definition) is 1. The van der Waals surface area contributed by atoms with Gasteiger partial charge in [-0.15, -0.1) is 11.3 Å². The first-order chi connectivity index (χ1) is 13.5. The molecule has 1 amide bonds. The second-order valence-corrected chi connectivity index (χ2v) is 7.58. The Balaban J connectivity index is 1.54. The van der Waals surface area contributed by atoms with Crippen molar-refractivity contribution in [2.45, 2.75) is 20.4 Å². The van der Waals surface area contributed by atoms with Crippen molar-refractivity contribution in [3.05, 3.63) is 86.7 Å². The molecule has 0 atom stereocenters. The third-order valence-electron chi connectivity index (χ3n) is 4.54. The average Bonchev–Trinajstić information content (AvgIpc) is 3.07. The van der Waals surface area contributed by atoms with Crippen LogP contribution in [-0.2, 0) is 6.54 Å². The number of benzene rings is 2. The monoisotopic (exact) mass is 390 g/mol. The maximum absolute atomic E-state index is 12.5. The van der Waals surface area contributed by atoms with Crippen LogP contribution in [0.4, 0.5) is 0 Å². The fraction of sp³-hybridized carbons (Fsp3) is 0.136. The molecule has 0 saturated carbocycles. The topological polar surface area (TPSA) is 72.2 Å². The van der Waals surface area contributed by atoms with Crippen molar-refractivity contribution in [2.24, 2.45) is 0 Å². The summed E-state index contributed by atoms with van der Waals surface area (Å²) in [4.78, 5) is 30.3. The maximum atomic E-state index is 12.5. The SMILES string of the molecule is Cc1ccccc1-c1nc(C)c(CNC(=O)c2cc(=O)c3ccccc3o2)s1. The first-order valence-corrected chi connectivity index (χ1v) is 9.68. The van der Waals surface area contributed by atoms with Gasteiger partial charge in [-0.05, 0) is 31.5 Å². The minimum absolute atomic E-state index is 0.00463. The molecule has 2 aromatic heterocycles. The fourth-order valence-corrected chi connectivity index (χ4v) is 4.08. The van der Waals surface area contributed by atoms with E-state index in [0.717, 1.165) is 26.7 Å². The van der Waals surface area contributed by atoms with Crippen LogP contribution in [0, 0.1) is 13.8 Å². The molecule has 1 N–H and O–H groups in total. The lowest BCUT2D eigenvalue weighted by Crippen LogP contribution is -2.23. The Kier molecular flexibility index (Phi) is 4.79. The number of rotatable bonds is 4. The molecule has 0 radical (unpaired) electrons. The van der Waals surface area contributed by atoms with E-state index in [1.165, 1.54) is 6.07 Å². The molecule has 28 heavy (non-hydrogen) atoms. The number of aromatic nitrogens is 1. The minimum atomic E-state index is -0.423. The molecule has 4 rings (SSSR count). The number of amides is 1. The molecule has 0 bridgehead atoms. The molecule has 0 unspecified atom stereocenters. The highest BCUT2D eigenvalue weighted by atomic mass is 32.1. The summed E-state index contributed by atoms with van der Waals surface area (Å²) in [5.41, 5.74) is 3.29. The normalized spacial score (nSPS) is 10.9. The van der Waals surface area contributed by atoms with Crippen LogP contribution in [0.5, 0.6) is 0 Å². The standard InChI is InChI=1S/C22H18N2O3S/c1-13-7-3-4-8-15(13)22-24-14(2)20(28-22)12-23-21(26)19-11-17(25)16-9-5-6-10-18(16)27-19/h3-11H,12H2,1-2H3,(H,23,26). The number of carbonyl (C=O) groups is 1. The molecule has 0 spiro atoms. The summed E-state index contributed by atoms with van der Waals surface area (Å²) in [6.07, 6.45) is 0. The van der Waals surface area contributed by atoms with Crippen LogP contribution in [0.1, 0.15) is 26.7 Å². The fourth-order valence-electron chi connectivity index (χ4n) is 2.98. The summed E-state index contributed by atoms with van der Waals surface area (Å²) < 4.78 is 5.59. The van der Waals surface area contributed by atoms with Crippen molar-refractivity contribution in [2.75, 3.05) is 0 Å². The Morgan fingerprint density at radius 1 is 1.11 bits per heavy atom. The molecule has 2 heterocycles. The second kappa shape index (κ2) is 7.40. The van der Waals surface area contributed by atoms with E-state index in [0.29, 0.717) is 17.5 Å². The number of nitrogens with zero attached hydrogens (tertiary/aromatic N) is 1. The van der Waals surface area contributed by atoms with Gasteiger partial charge in [0.25, 0.3) is 5.91 Å². The molecule has 0 aliphatic carbocycles. The van der Waals surface area contributed by atoms with Crippen LogP contribution in [-0.4, -0.2) is 10.9 Å². The predicted molar refractivity (Wildman–Crippen MR) is 111 cm³/mol. The van der Waals surface area contributed by atoms with E-state index in [-0.39, 0.29) is 11.2 Å². The molecular weight excluding hydrogens is 372 g/mol. The van der Waals surface area contributed by atoms with Crippen LogP contribution in [0.25, 0.3) is 21.5 Å². The van der Waals surface area contributed by atoms with Crippen molar-refractivity contribution < 1.29 is 9.21 Å². The van der Waals surface area contributed by atoms with E-state index in [9.17, 15) is 9.59 Å². The maximum Gasteiger partial charge on any atom is 0.287 e. The number of nitrogens with one attached hydrogen (secondary N) is 1. The van der Waals surface area contributed by atoms with Gasteiger partial charge in [0.2, 0.25) is 0 Å². The van der Waals surface area contributed by atoms with E-state index in [2.05, 4.69) is 23.3 Å². The van der Waals surface area contributed by atoms with Crippen molar-refractivity contribution in [1.82, 2.24) is 10.3 Å². The lowest BCUT2D eigenvalue weighted by molar-refractivity contribution is 0.0924. The van der Waals surface area contributed by atoms with Crippen LogP contribution in [0.15, 0.2) is 63.8 Å². The summed E-state index contributed by atoms with van der Waals surface area (Å²) >= 11 is 1.55. The van der Waals surface area contributed by atoms with Gasteiger partial charge >= 0.3 is 0 Å². The van der Waals surface area contributed by atoms with Gasteiger partial charge in [-0.3, -0.25) is 9.59 Å². The van der Waals surface area contributed by atoms with E-state index in [1.807, 2.05) is 25.1 Å². The third kappa shape index (κ3) is 3.46. The molecular formula is C22H18N2O3S. The Morgan fingerprint density at radius 3 is 2.68 bits per heavy atom. The van der Waals surface area contributed by atoms with E-state index in [4.69, 9.17) is 4.42 Å². The van der Waals surface area contributed by atoms with Crippen molar-refractivity contribution >= 4 is 28.2 Å². The van der Waals surface area contributed by atoms with Crippen molar-refractivity contribution in [1.29, 1.82) is 0 Å². The molecule has 0 saturated heterocycles. The quantitative estimate of drug-likeness (QED) is 0.558. The zero-order valence-electron chi connectivity index (χ0n) is 15.5. The molecule has 6 heteroatoms.